The second kappa shape index (κ2) is 14.5. The molecular weight excluding hydrogens is 669 g/mol. The summed E-state index contributed by atoms with van der Waals surface area (Å²) in [6.07, 6.45) is 1.73. The van der Waals surface area contributed by atoms with Crippen molar-refractivity contribution in [2.45, 2.75) is 26.5 Å². The summed E-state index contributed by atoms with van der Waals surface area (Å²) in [5, 5.41) is 3.86. The summed E-state index contributed by atoms with van der Waals surface area (Å²) in [4.78, 5) is 33.2. The van der Waals surface area contributed by atoms with Crippen molar-refractivity contribution in [3.05, 3.63) is 149 Å². The molecule has 4 aromatic carbocycles. The number of para-hydroxylation sites is 1. The normalized spacial score (nSPS) is 14.3. The highest BCUT2D eigenvalue weighted by Crippen LogP contribution is 2.38. The number of hydrogen-bond donors (Lipinski definition) is 1. The van der Waals surface area contributed by atoms with Crippen molar-refractivity contribution in [2.24, 2.45) is 4.99 Å². The lowest BCUT2D eigenvalue weighted by Crippen LogP contribution is -2.40. The second-order valence-corrected chi connectivity index (χ2v) is 12.6. The van der Waals surface area contributed by atoms with Gasteiger partial charge in [0.25, 0.3) is 11.5 Å². The number of aromatic nitrogens is 1. The molecule has 1 atom stereocenters. The first kappa shape index (κ1) is 33.1. The zero-order valence-corrected chi connectivity index (χ0v) is 28.7. The van der Waals surface area contributed by atoms with Gasteiger partial charge in [-0.2, -0.15) is 0 Å². The Morgan fingerprint density at radius 2 is 1.71 bits per heavy atom. The minimum Gasteiger partial charge on any atom is -0.494 e. The predicted molar refractivity (Wildman–Crippen MR) is 190 cm³/mol. The highest BCUT2D eigenvalue weighted by atomic mass is 35.5. The number of thiazole rings is 1. The van der Waals surface area contributed by atoms with E-state index in [4.69, 9.17) is 42.4 Å². The van der Waals surface area contributed by atoms with E-state index in [2.05, 4.69) is 5.32 Å². The van der Waals surface area contributed by atoms with Crippen LogP contribution in [0.1, 0.15) is 36.6 Å². The molecule has 0 radical (unpaired) electrons. The third-order valence-corrected chi connectivity index (χ3v) is 9.32. The van der Waals surface area contributed by atoms with Gasteiger partial charge < -0.3 is 19.5 Å². The van der Waals surface area contributed by atoms with Crippen LogP contribution in [0.25, 0.3) is 6.08 Å². The average molecular weight is 701 g/mol. The summed E-state index contributed by atoms with van der Waals surface area (Å²) in [6.45, 7) is 4.40. The zero-order chi connectivity index (χ0) is 33.8. The first-order valence-electron chi connectivity index (χ1n) is 15.1. The van der Waals surface area contributed by atoms with Gasteiger partial charge in [0.2, 0.25) is 0 Å². The Bertz CT molecular complexity index is 2200. The number of rotatable bonds is 10. The number of allylic oxidation sites excluding steroid dienone is 1. The van der Waals surface area contributed by atoms with E-state index in [0.29, 0.717) is 65.8 Å². The van der Waals surface area contributed by atoms with E-state index in [1.807, 2.05) is 67.6 Å². The Morgan fingerprint density at radius 1 is 0.979 bits per heavy atom. The number of fused-ring (bicyclic) bond motifs is 1. The van der Waals surface area contributed by atoms with Gasteiger partial charge in [-0.15, -0.1) is 0 Å². The molecule has 244 valence electrons. The van der Waals surface area contributed by atoms with E-state index >= 15 is 0 Å². The van der Waals surface area contributed by atoms with Crippen molar-refractivity contribution in [1.29, 1.82) is 0 Å². The number of halogens is 2. The number of carbonyl (C=O) groups is 1. The Kier molecular flexibility index (Phi) is 10.0. The third kappa shape index (κ3) is 6.89. The highest BCUT2D eigenvalue weighted by Gasteiger charge is 2.32. The highest BCUT2D eigenvalue weighted by molar-refractivity contribution is 7.07. The van der Waals surface area contributed by atoms with Crippen LogP contribution >= 0.6 is 34.5 Å². The molecule has 0 saturated carbocycles. The standard InChI is InChI=1S/C37H31Cl2N3O5S/c1-4-46-27-16-14-24(15-17-27)33-32(35(43)41-26-11-6-5-7-12-26)22(2)40-37-42(33)36(44)31(48-37)20-23-18-29(39)34(30(19-23)45-3)47-21-25-10-8-9-13-28(25)38/h5-20,33H,4,21H2,1-3H3,(H,41,43)/b31-20-/t33-/m0/s1. The Hall–Kier alpha value is -4.83. The topological polar surface area (TPSA) is 91.2 Å². The van der Waals surface area contributed by atoms with Crippen molar-refractivity contribution in [3.8, 4) is 17.2 Å². The van der Waals surface area contributed by atoms with Crippen LogP contribution in [0.5, 0.6) is 17.2 Å². The van der Waals surface area contributed by atoms with E-state index in [9.17, 15) is 9.59 Å². The molecule has 0 aliphatic carbocycles. The summed E-state index contributed by atoms with van der Waals surface area (Å²) in [7, 11) is 1.52. The molecule has 0 spiro atoms. The van der Waals surface area contributed by atoms with Crippen LogP contribution in [-0.2, 0) is 11.4 Å². The number of nitrogens with one attached hydrogen (secondary N) is 1. The molecule has 0 fully saturated rings. The van der Waals surface area contributed by atoms with E-state index in [1.165, 1.54) is 18.4 Å². The number of nitrogens with zero attached hydrogens (tertiary/aromatic N) is 2. The molecule has 8 nitrogen and oxygen atoms in total. The maximum absolute atomic E-state index is 14.2. The summed E-state index contributed by atoms with van der Waals surface area (Å²) in [6, 6.07) is 26.7. The van der Waals surface area contributed by atoms with E-state index in [1.54, 1.807) is 47.9 Å². The molecular formula is C37H31Cl2N3O5S. The van der Waals surface area contributed by atoms with Crippen LogP contribution in [0.4, 0.5) is 5.69 Å². The van der Waals surface area contributed by atoms with Gasteiger partial charge in [0.05, 0.1) is 40.6 Å². The lowest BCUT2D eigenvalue weighted by molar-refractivity contribution is -0.113. The summed E-state index contributed by atoms with van der Waals surface area (Å²) < 4.78 is 19.3. The van der Waals surface area contributed by atoms with Gasteiger partial charge in [-0.25, -0.2) is 4.99 Å². The van der Waals surface area contributed by atoms with Gasteiger partial charge in [0.15, 0.2) is 16.3 Å². The molecule has 5 aromatic rings. The number of methoxy groups -OCH3 is 1. The minimum atomic E-state index is -0.735. The average Bonchev–Trinajstić information content (AvgIpc) is 3.38. The van der Waals surface area contributed by atoms with Crippen molar-refractivity contribution in [2.75, 3.05) is 19.0 Å². The lowest BCUT2D eigenvalue weighted by Gasteiger charge is -2.25. The number of ether oxygens (including phenoxy) is 3. The smallest absolute Gasteiger partial charge is 0.271 e. The fraction of sp³-hybridized carbons (Fsp3) is 0.162. The maximum Gasteiger partial charge on any atom is 0.271 e. The molecule has 1 amide bonds. The molecule has 0 saturated heterocycles. The van der Waals surface area contributed by atoms with E-state index in [0.717, 1.165) is 11.1 Å². The Balaban J connectivity index is 1.41. The van der Waals surface area contributed by atoms with Gasteiger partial charge >= 0.3 is 0 Å². The number of anilines is 1. The minimum absolute atomic E-state index is 0.193. The maximum atomic E-state index is 14.2. The van der Waals surface area contributed by atoms with Crippen molar-refractivity contribution < 1.29 is 19.0 Å². The van der Waals surface area contributed by atoms with Crippen molar-refractivity contribution in [3.63, 3.8) is 0 Å². The van der Waals surface area contributed by atoms with Crippen molar-refractivity contribution >= 4 is 52.2 Å². The van der Waals surface area contributed by atoms with Crippen LogP contribution < -0.4 is 34.4 Å². The van der Waals surface area contributed by atoms with Crippen LogP contribution in [0.15, 0.2) is 112 Å². The van der Waals surface area contributed by atoms with Crippen LogP contribution in [-0.4, -0.2) is 24.2 Å². The number of amides is 1. The van der Waals surface area contributed by atoms with Gasteiger partial charge in [-0.3, -0.25) is 14.2 Å². The van der Waals surface area contributed by atoms with Gasteiger partial charge in [0.1, 0.15) is 12.4 Å². The molecule has 11 heteroatoms. The molecule has 0 unspecified atom stereocenters. The lowest BCUT2D eigenvalue weighted by atomic mass is 9.95. The SMILES string of the molecule is CCOc1ccc([C@H]2C(C(=O)Nc3ccccc3)=C(C)N=c3s/c(=C\c4cc(Cl)c(OCc5ccccc5Cl)c(OC)c4)c(=O)n32)cc1. The van der Waals surface area contributed by atoms with Crippen LogP contribution in [0, 0.1) is 0 Å². The molecule has 1 aromatic heterocycles. The van der Waals surface area contributed by atoms with E-state index < -0.39 is 6.04 Å². The zero-order valence-electron chi connectivity index (χ0n) is 26.3. The summed E-state index contributed by atoms with van der Waals surface area (Å²) >= 11 is 14.2. The first-order chi connectivity index (χ1) is 23.3. The second-order valence-electron chi connectivity index (χ2n) is 10.8. The van der Waals surface area contributed by atoms with Gasteiger partial charge in [-0.1, -0.05) is 83.1 Å². The first-order valence-corrected chi connectivity index (χ1v) is 16.7. The van der Waals surface area contributed by atoms with Crippen molar-refractivity contribution in [1.82, 2.24) is 4.57 Å². The summed E-state index contributed by atoms with van der Waals surface area (Å²) in [5.41, 5.74) is 3.38. The number of benzene rings is 4. The summed E-state index contributed by atoms with van der Waals surface area (Å²) in [5.74, 6) is 1.10. The monoisotopic (exact) mass is 699 g/mol. The predicted octanol–water partition coefficient (Wildman–Crippen LogP) is 7.17. The van der Waals surface area contributed by atoms with Gasteiger partial charge in [-0.05, 0) is 73.5 Å². The van der Waals surface area contributed by atoms with Crippen LogP contribution in [0.2, 0.25) is 10.0 Å². The largest absolute Gasteiger partial charge is 0.494 e. The third-order valence-electron chi connectivity index (χ3n) is 7.68. The van der Waals surface area contributed by atoms with Crippen LogP contribution in [0.3, 0.4) is 0 Å². The Morgan fingerprint density at radius 3 is 2.42 bits per heavy atom. The molecule has 1 aliphatic heterocycles. The van der Waals surface area contributed by atoms with E-state index in [-0.39, 0.29) is 18.1 Å². The fourth-order valence-electron chi connectivity index (χ4n) is 5.44. The molecule has 2 heterocycles. The number of hydrogen-bond acceptors (Lipinski definition) is 7. The molecule has 6 rings (SSSR count). The molecule has 0 bridgehead atoms. The Labute approximate surface area is 291 Å². The molecule has 1 N–H and O–H groups in total. The molecule has 1 aliphatic rings. The fourth-order valence-corrected chi connectivity index (χ4v) is 6.95. The van der Waals surface area contributed by atoms with Gasteiger partial charge in [0, 0.05) is 16.3 Å². The quantitative estimate of drug-likeness (QED) is 0.167. The number of carbonyl (C=O) groups excluding carboxylic acids is 1. The molecule has 48 heavy (non-hydrogen) atoms.